The van der Waals surface area contributed by atoms with Crippen molar-refractivity contribution < 1.29 is 14.3 Å². The molecule has 0 aliphatic carbocycles. The molecule has 1 aromatic carbocycles. The first kappa shape index (κ1) is 12.2. The zero-order valence-corrected chi connectivity index (χ0v) is 10.5. The van der Waals surface area contributed by atoms with E-state index in [1.54, 1.807) is 39.4 Å². The SMILES string of the molecule is COc1ccc(/C=C2/N=C(C)NC2=O)cc1OC. The molecule has 18 heavy (non-hydrogen) atoms. The van der Waals surface area contributed by atoms with E-state index in [0.717, 1.165) is 5.56 Å². The summed E-state index contributed by atoms with van der Waals surface area (Å²) in [4.78, 5) is 15.6. The van der Waals surface area contributed by atoms with Crippen LogP contribution >= 0.6 is 0 Å². The number of aliphatic imine (C=N–C) groups is 1. The molecule has 1 aliphatic heterocycles. The Bertz CT molecular complexity index is 547. The van der Waals surface area contributed by atoms with Gasteiger partial charge in [-0.05, 0) is 30.7 Å². The minimum atomic E-state index is -0.192. The average molecular weight is 246 g/mol. The second-order valence-electron chi connectivity index (χ2n) is 3.80. The number of ether oxygens (including phenoxy) is 2. The number of hydrogen-bond acceptors (Lipinski definition) is 4. The van der Waals surface area contributed by atoms with Gasteiger partial charge in [-0.1, -0.05) is 6.07 Å². The first-order valence-corrected chi connectivity index (χ1v) is 5.44. The van der Waals surface area contributed by atoms with Crippen LogP contribution in [-0.2, 0) is 4.79 Å². The number of amides is 1. The van der Waals surface area contributed by atoms with Crippen molar-refractivity contribution in [3.05, 3.63) is 29.5 Å². The fourth-order valence-electron chi connectivity index (χ4n) is 1.69. The number of methoxy groups -OCH3 is 2. The highest BCUT2D eigenvalue weighted by atomic mass is 16.5. The Morgan fingerprint density at radius 3 is 2.50 bits per heavy atom. The van der Waals surface area contributed by atoms with E-state index in [4.69, 9.17) is 9.47 Å². The first-order valence-electron chi connectivity index (χ1n) is 5.44. The van der Waals surface area contributed by atoms with Gasteiger partial charge < -0.3 is 14.8 Å². The monoisotopic (exact) mass is 246 g/mol. The van der Waals surface area contributed by atoms with Gasteiger partial charge >= 0.3 is 0 Å². The Morgan fingerprint density at radius 1 is 1.22 bits per heavy atom. The summed E-state index contributed by atoms with van der Waals surface area (Å²) >= 11 is 0. The fraction of sp³-hybridized carbons (Fsp3) is 0.231. The smallest absolute Gasteiger partial charge is 0.275 e. The van der Waals surface area contributed by atoms with Crippen LogP contribution in [0.3, 0.4) is 0 Å². The van der Waals surface area contributed by atoms with Gasteiger partial charge in [0.2, 0.25) is 0 Å². The zero-order chi connectivity index (χ0) is 13.1. The molecule has 1 heterocycles. The molecule has 0 aromatic heterocycles. The molecule has 0 saturated heterocycles. The normalized spacial score (nSPS) is 16.5. The molecule has 0 bridgehead atoms. The van der Waals surface area contributed by atoms with Crippen LogP contribution in [-0.4, -0.2) is 26.0 Å². The van der Waals surface area contributed by atoms with E-state index in [-0.39, 0.29) is 5.91 Å². The van der Waals surface area contributed by atoms with Crippen molar-refractivity contribution in [1.82, 2.24) is 5.32 Å². The van der Waals surface area contributed by atoms with Crippen molar-refractivity contribution in [3.8, 4) is 11.5 Å². The molecule has 5 heteroatoms. The summed E-state index contributed by atoms with van der Waals surface area (Å²) in [6.07, 6.45) is 1.70. The van der Waals surface area contributed by atoms with Crippen LogP contribution < -0.4 is 14.8 Å². The molecule has 2 rings (SSSR count). The lowest BCUT2D eigenvalue weighted by molar-refractivity contribution is -0.115. The highest BCUT2D eigenvalue weighted by Crippen LogP contribution is 2.28. The number of nitrogens with zero attached hydrogens (tertiary/aromatic N) is 1. The lowest BCUT2D eigenvalue weighted by Gasteiger charge is -2.07. The van der Waals surface area contributed by atoms with Gasteiger partial charge in [-0.2, -0.15) is 0 Å². The van der Waals surface area contributed by atoms with Gasteiger partial charge in [-0.15, -0.1) is 0 Å². The van der Waals surface area contributed by atoms with Crippen molar-refractivity contribution in [1.29, 1.82) is 0 Å². The number of amidine groups is 1. The van der Waals surface area contributed by atoms with Crippen molar-refractivity contribution in [2.75, 3.05) is 14.2 Å². The van der Waals surface area contributed by atoms with E-state index in [0.29, 0.717) is 23.0 Å². The maximum absolute atomic E-state index is 11.5. The van der Waals surface area contributed by atoms with Crippen molar-refractivity contribution >= 4 is 17.8 Å². The minimum absolute atomic E-state index is 0.192. The summed E-state index contributed by atoms with van der Waals surface area (Å²) in [5.41, 5.74) is 1.22. The van der Waals surface area contributed by atoms with Crippen LogP contribution in [0.5, 0.6) is 11.5 Å². The number of carbonyl (C=O) groups excluding carboxylic acids is 1. The highest BCUT2D eigenvalue weighted by Gasteiger charge is 2.16. The van der Waals surface area contributed by atoms with E-state index < -0.39 is 0 Å². The Hall–Kier alpha value is -2.30. The molecule has 0 saturated carbocycles. The van der Waals surface area contributed by atoms with Gasteiger partial charge in [-0.3, -0.25) is 4.79 Å². The molecule has 5 nitrogen and oxygen atoms in total. The maximum atomic E-state index is 11.5. The highest BCUT2D eigenvalue weighted by molar-refractivity contribution is 6.13. The topological polar surface area (TPSA) is 59.9 Å². The quantitative estimate of drug-likeness (QED) is 0.824. The number of carbonyl (C=O) groups is 1. The van der Waals surface area contributed by atoms with Crippen LogP contribution in [0.1, 0.15) is 12.5 Å². The summed E-state index contributed by atoms with van der Waals surface area (Å²) < 4.78 is 10.3. The molecule has 0 spiro atoms. The van der Waals surface area contributed by atoms with Crippen molar-refractivity contribution in [2.45, 2.75) is 6.92 Å². The Kier molecular flexibility index (Phi) is 3.32. The molecular formula is C13H14N2O3. The van der Waals surface area contributed by atoms with Gasteiger partial charge in [-0.25, -0.2) is 4.99 Å². The summed E-state index contributed by atoms with van der Waals surface area (Å²) in [5, 5.41) is 2.63. The van der Waals surface area contributed by atoms with E-state index in [1.165, 1.54) is 0 Å². The van der Waals surface area contributed by atoms with Gasteiger partial charge in [0.05, 0.1) is 14.2 Å². The Labute approximate surface area is 105 Å². The predicted molar refractivity (Wildman–Crippen MR) is 68.8 cm³/mol. The number of benzene rings is 1. The van der Waals surface area contributed by atoms with Crippen LogP contribution in [0.15, 0.2) is 28.9 Å². The van der Waals surface area contributed by atoms with E-state index >= 15 is 0 Å². The molecule has 0 fully saturated rings. The summed E-state index contributed by atoms with van der Waals surface area (Å²) in [6.45, 7) is 1.74. The zero-order valence-electron chi connectivity index (χ0n) is 10.5. The lowest BCUT2D eigenvalue weighted by atomic mass is 10.1. The van der Waals surface area contributed by atoms with Gasteiger partial charge in [0.1, 0.15) is 11.5 Å². The molecule has 94 valence electrons. The summed E-state index contributed by atoms with van der Waals surface area (Å²) in [7, 11) is 3.15. The molecule has 0 atom stereocenters. The number of hydrogen-bond donors (Lipinski definition) is 1. The maximum Gasteiger partial charge on any atom is 0.275 e. The first-order chi connectivity index (χ1) is 8.63. The van der Waals surface area contributed by atoms with Crippen LogP contribution in [0.4, 0.5) is 0 Å². The van der Waals surface area contributed by atoms with E-state index in [1.807, 2.05) is 6.07 Å². The van der Waals surface area contributed by atoms with Gasteiger partial charge in [0.15, 0.2) is 11.5 Å². The molecular weight excluding hydrogens is 232 g/mol. The minimum Gasteiger partial charge on any atom is -0.493 e. The van der Waals surface area contributed by atoms with Crippen molar-refractivity contribution in [2.24, 2.45) is 4.99 Å². The third-order valence-electron chi connectivity index (χ3n) is 2.53. The predicted octanol–water partition coefficient (Wildman–Crippen LogP) is 1.59. The van der Waals surface area contributed by atoms with E-state index in [9.17, 15) is 4.79 Å². The fourth-order valence-corrected chi connectivity index (χ4v) is 1.69. The second kappa shape index (κ2) is 4.91. The van der Waals surface area contributed by atoms with Crippen molar-refractivity contribution in [3.63, 3.8) is 0 Å². The standard InChI is InChI=1S/C13H14N2O3/c1-8-14-10(13(16)15-8)6-9-4-5-11(17-2)12(7-9)18-3/h4-7H,1-3H3,(H,14,15,16)/b10-6+. The van der Waals surface area contributed by atoms with Crippen LogP contribution in [0, 0.1) is 0 Å². The van der Waals surface area contributed by atoms with E-state index in [2.05, 4.69) is 10.3 Å². The van der Waals surface area contributed by atoms with Gasteiger partial charge in [0.25, 0.3) is 5.91 Å². The second-order valence-corrected chi connectivity index (χ2v) is 3.80. The summed E-state index contributed by atoms with van der Waals surface area (Å²) in [6, 6.07) is 5.42. The molecule has 0 radical (unpaired) electrons. The Balaban J connectivity index is 2.35. The third kappa shape index (κ3) is 2.34. The largest absolute Gasteiger partial charge is 0.493 e. The Morgan fingerprint density at radius 2 is 1.94 bits per heavy atom. The molecule has 0 unspecified atom stereocenters. The molecule has 1 aromatic rings. The number of rotatable bonds is 3. The summed E-state index contributed by atoms with van der Waals surface area (Å²) in [5.74, 6) is 1.68. The molecule has 1 aliphatic rings. The third-order valence-corrected chi connectivity index (χ3v) is 2.53. The molecule has 1 N–H and O–H groups in total. The van der Waals surface area contributed by atoms with Gasteiger partial charge in [0, 0.05) is 0 Å². The molecule has 1 amide bonds. The average Bonchev–Trinajstić information content (AvgIpc) is 2.67. The number of nitrogens with one attached hydrogen (secondary N) is 1. The van der Waals surface area contributed by atoms with Crippen LogP contribution in [0.25, 0.3) is 6.08 Å². The lowest BCUT2D eigenvalue weighted by Crippen LogP contribution is -2.21. The van der Waals surface area contributed by atoms with Crippen LogP contribution in [0.2, 0.25) is 0 Å².